The standard InChI is InChI=1S/C16H20Cl2N2O.ClH/c1-9-4-13(2-3-19-9)20-16(21)15-8-14(15)10-5-11(17)7-12(18)6-10;/h5-7,9,13-15,19H,2-4,8H2,1H3,(H,20,21);1H. The maximum Gasteiger partial charge on any atom is 0.223 e. The quantitative estimate of drug-likeness (QED) is 0.858. The topological polar surface area (TPSA) is 41.1 Å². The zero-order valence-electron chi connectivity index (χ0n) is 12.4. The maximum atomic E-state index is 12.3. The summed E-state index contributed by atoms with van der Waals surface area (Å²) in [6.45, 7) is 3.14. The number of nitrogens with one attached hydrogen (secondary N) is 2. The zero-order valence-corrected chi connectivity index (χ0v) is 14.8. The molecule has 1 heterocycles. The zero-order chi connectivity index (χ0) is 15.0. The van der Waals surface area contributed by atoms with Crippen molar-refractivity contribution >= 4 is 41.5 Å². The third-order valence-electron chi connectivity index (χ3n) is 4.41. The van der Waals surface area contributed by atoms with Gasteiger partial charge in [-0.3, -0.25) is 4.79 Å². The number of benzene rings is 1. The fourth-order valence-corrected chi connectivity index (χ4v) is 3.76. The summed E-state index contributed by atoms with van der Waals surface area (Å²) in [5.41, 5.74) is 1.08. The SMILES string of the molecule is CC1CC(NC(=O)C2CC2c2cc(Cl)cc(Cl)c2)CCN1.Cl. The van der Waals surface area contributed by atoms with Crippen molar-refractivity contribution in [1.29, 1.82) is 0 Å². The van der Waals surface area contributed by atoms with Crippen LogP contribution in [0.25, 0.3) is 0 Å². The predicted molar refractivity (Wildman–Crippen MR) is 93.2 cm³/mol. The van der Waals surface area contributed by atoms with Crippen LogP contribution in [0.2, 0.25) is 10.0 Å². The molecular weight excluding hydrogens is 343 g/mol. The smallest absolute Gasteiger partial charge is 0.223 e. The van der Waals surface area contributed by atoms with Crippen LogP contribution in [0.4, 0.5) is 0 Å². The average molecular weight is 364 g/mol. The summed E-state index contributed by atoms with van der Waals surface area (Å²) in [6.07, 6.45) is 2.91. The van der Waals surface area contributed by atoms with E-state index in [1.165, 1.54) is 0 Å². The van der Waals surface area contributed by atoms with Crippen molar-refractivity contribution in [2.75, 3.05) is 6.54 Å². The Morgan fingerprint density at radius 1 is 1.23 bits per heavy atom. The second kappa shape index (κ2) is 7.39. The van der Waals surface area contributed by atoms with Crippen molar-refractivity contribution in [3.8, 4) is 0 Å². The van der Waals surface area contributed by atoms with Crippen LogP contribution >= 0.6 is 35.6 Å². The number of carbonyl (C=O) groups is 1. The van der Waals surface area contributed by atoms with E-state index in [-0.39, 0.29) is 30.2 Å². The summed E-state index contributed by atoms with van der Waals surface area (Å²) in [5.74, 6) is 0.514. The van der Waals surface area contributed by atoms with E-state index in [0.717, 1.165) is 31.4 Å². The highest BCUT2D eigenvalue weighted by Gasteiger charge is 2.44. The van der Waals surface area contributed by atoms with Gasteiger partial charge in [0.25, 0.3) is 0 Å². The van der Waals surface area contributed by atoms with Crippen LogP contribution in [-0.4, -0.2) is 24.5 Å². The largest absolute Gasteiger partial charge is 0.353 e. The van der Waals surface area contributed by atoms with Gasteiger partial charge in [0.2, 0.25) is 5.91 Å². The number of rotatable bonds is 3. The molecule has 4 unspecified atom stereocenters. The molecule has 122 valence electrons. The lowest BCUT2D eigenvalue weighted by Crippen LogP contribution is -2.47. The maximum absolute atomic E-state index is 12.3. The fourth-order valence-electron chi connectivity index (χ4n) is 3.21. The van der Waals surface area contributed by atoms with Gasteiger partial charge in [0.15, 0.2) is 0 Å². The second-order valence-electron chi connectivity index (χ2n) is 6.24. The Bertz CT molecular complexity index is 532. The van der Waals surface area contributed by atoms with E-state index in [0.29, 0.717) is 22.1 Å². The van der Waals surface area contributed by atoms with Crippen molar-refractivity contribution in [2.45, 2.75) is 44.2 Å². The van der Waals surface area contributed by atoms with Crippen LogP contribution in [0.15, 0.2) is 18.2 Å². The van der Waals surface area contributed by atoms with Crippen molar-refractivity contribution < 1.29 is 4.79 Å². The molecule has 6 heteroatoms. The minimum Gasteiger partial charge on any atom is -0.353 e. The van der Waals surface area contributed by atoms with Crippen LogP contribution in [0.1, 0.15) is 37.7 Å². The summed E-state index contributed by atoms with van der Waals surface area (Å²) < 4.78 is 0. The first-order chi connectivity index (χ1) is 10.0. The first-order valence-electron chi connectivity index (χ1n) is 7.52. The predicted octanol–water partition coefficient (Wildman–Crippen LogP) is 3.78. The lowest BCUT2D eigenvalue weighted by Gasteiger charge is -2.28. The van der Waals surface area contributed by atoms with Gasteiger partial charge in [0.05, 0.1) is 0 Å². The van der Waals surface area contributed by atoms with Gasteiger partial charge in [-0.05, 0) is 62.4 Å². The van der Waals surface area contributed by atoms with Gasteiger partial charge in [-0.25, -0.2) is 0 Å². The van der Waals surface area contributed by atoms with Gasteiger partial charge >= 0.3 is 0 Å². The van der Waals surface area contributed by atoms with E-state index < -0.39 is 0 Å². The normalized spacial score (nSPS) is 30.3. The molecule has 3 nitrogen and oxygen atoms in total. The minimum atomic E-state index is 0. The first kappa shape index (κ1) is 17.9. The highest BCUT2D eigenvalue weighted by Crippen LogP contribution is 2.48. The number of halogens is 3. The Balaban J connectivity index is 0.00000176. The second-order valence-corrected chi connectivity index (χ2v) is 7.11. The molecular formula is C16H21Cl3N2O. The van der Waals surface area contributed by atoms with Crippen molar-refractivity contribution in [3.63, 3.8) is 0 Å². The molecule has 1 amide bonds. The Labute approximate surface area is 147 Å². The van der Waals surface area contributed by atoms with Crippen LogP contribution in [-0.2, 0) is 4.79 Å². The third kappa shape index (κ3) is 4.29. The molecule has 22 heavy (non-hydrogen) atoms. The van der Waals surface area contributed by atoms with Gasteiger partial charge < -0.3 is 10.6 Å². The number of hydrogen-bond donors (Lipinski definition) is 2. The highest BCUT2D eigenvalue weighted by molar-refractivity contribution is 6.34. The van der Waals surface area contributed by atoms with Crippen LogP contribution in [0.5, 0.6) is 0 Å². The van der Waals surface area contributed by atoms with E-state index in [2.05, 4.69) is 17.6 Å². The molecule has 1 aromatic rings. The van der Waals surface area contributed by atoms with Gasteiger partial charge in [-0.1, -0.05) is 23.2 Å². The molecule has 3 rings (SSSR count). The summed E-state index contributed by atoms with van der Waals surface area (Å²) in [6, 6.07) is 6.33. The van der Waals surface area contributed by atoms with Crippen molar-refractivity contribution in [2.24, 2.45) is 5.92 Å². The molecule has 4 atom stereocenters. The third-order valence-corrected chi connectivity index (χ3v) is 4.85. The molecule has 1 saturated carbocycles. The van der Waals surface area contributed by atoms with Gasteiger partial charge in [-0.2, -0.15) is 0 Å². The van der Waals surface area contributed by atoms with Crippen LogP contribution < -0.4 is 10.6 Å². The van der Waals surface area contributed by atoms with E-state index in [4.69, 9.17) is 23.2 Å². The van der Waals surface area contributed by atoms with E-state index in [1.807, 2.05) is 12.1 Å². The molecule has 2 fully saturated rings. The van der Waals surface area contributed by atoms with Gasteiger partial charge in [-0.15, -0.1) is 12.4 Å². The molecule has 0 spiro atoms. The number of piperidine rings is 1. The van der Waals surface area contributed by atoms with Crippen LogP contribution in [0, 0.1) is 5.92 Å². The summed E-state index contributed by atoms with van der Waals surface area (Å²) in [7, 11) is 0. The number of amides is 1. The van der Waals surface area contributed by atoms with Gasteiger partial charge in [0, 0.05) is 28.0 Å². The molecule has 2 aliphatic rings. The Morgan fingerprint density at radius 2 is 1.91 bits per heavy atom. The summed E-state index contributed by atoms with van der Waals surface area (Å²) in [5, 5.41) is 7.86. The lowest BCUT2D eigenvalue weighted by molar-refractivity contribution is -0.123. The van der Waals surface area contributed by atoms with Gasteiger partial charge in [0.1, 0.15) is 0 Å². The van der Waals surface area contributed by atoms with E-state index in [1.54, 1.807) is 6.07 Å². The monoisotopic (exact) mass is 362 g/mol. The fraction of sp³-hybridized carbons (Fsp3) is 0.562. The lowest BCUT2D eigenvalue weighted by atomic mass is 10.0. The molecule has 1 saturated heterocycles. The van der Waals surface area contributed by atoms with E-state index in [9.17, 15) is 4.79 Å². The molecule has 1 aromatic carbocycles. The molecule has 1 aliphatic heterocycles. The van der Waals surface area contributed by atoms with Crippen molar-refractivity contribution in [3.05, 3.63) is 33.8 Å². The Kier molecular flexibility index (Phi) is 6.00. The number of hydrogen-bond acceptors (Lipinski definition) is 2. The Morgan fingerprint density at radius 3 is 2.55 bits per heavy atom. The van der Waals surface area contributed by atoms with E-state index >= 15 is 0 Å². The number of carbonyl (C=O) groups excluding carboxylic acids is 1. The first-order valence-corrected chi connectivity index (χ1v) is 8.28. The average Bonchev–Trinajstić information content (AvgIpc) is 3.17. The molecule has 0 bridgehead atoms. The summed E-state index contributed by atoms with van der Waals surface area (Å²) >= 11 is 12.1. The Hall–Kier alpha value is -0.480. The molecule has 2 N–H and O–H groups in total. The minimum absolute atomic E-state index is 0. The van der Waals surface area contributed by atoms with Crippen LogP contribution in [0.3, 0.4) is 0 Å². The molecule has 1 aliphatic carbocycles. The summed E-state index contributed by atoms with van der Waals surface area (Å²) in [4.78, 5) is 12.3. The molecule has 0 aromatic heterocycles. The van der Waals surface area contributed by atoms with Crippen molar-refractivity contribution in [1.82, 2.24) is 10.6 Å². The highest BCUT2D eigenvalue weighted by atomic mass is 35.5. The molecule has 0 radical (unpaired) electrons.